The number of carbonyl (C=O) groups is 1. The molecule has 0 radical (unpaired) electrons. The van der Waals surface area contributed by atoms with Crippen molar-refractivity contribution in [1.82, 2.24) is 5.32 Å². The summed E-state index contributed by atoms with van der Waals surface area (Å²) in [7, 11) is 0. The van der Waals surface area contributed by atoms with E-state index in [2.05, 4.69) is 24.4 Å². The smallest absolute Gasteiger partial charge is 0.220 e. The van der Waals surface area contributed by atoms with Crippen LogP contribution in [0.2, 0.25) is 0 Å². The Morgan fingerprint density at radius 1 is 1.11 bits per heavy atom. The summed E-state index contributed by atoms with van der Waals surface area (Å²) in [5, 5.41) is 2.94. The molecule has 0 atom stereocenters. The molecule has 2 heteroatoms. The first-order valence-corrected chi connectivity index (χ1v) is 7.28. The topological polar surface area (TPSA) is 29.1 Å². The molecule has 1 aromatic carbocycles. The van der Waals surface area contributed by atoms with Gasteiger partial charge in [-0.05, 0) is 24.8 Å². The maximum absolute atomic E-state index is 11.6. The molecule has 0 aliphatic carbocycles. The van der Waals surface area contributed by atoms with E-state index in [4.69, 9.17) is 0 Å². The van der Waals surface area contributed by atoms with Gasteiger partial charge in [0, 0.05) is 13.0 Å². The zero-order valence-electron chi connectivity index (χ0n) is 11.9. The Bertz CT molecular complexity index is 370. The molecule has 19 heavy (non-hydrogen) atoms. The summed E-state index contributed by atoms with van der Waals surface area (Å²) in [6.45, 7) is 2.83. The van der Waals surface area contributed by atoms with Gasteiger partial charge in [-0.2, -0.15) is 0 Å². The quantitative estimate of drug-likeness (QED) is 0.522. The summed E-state index contributed by atoms with van der Waals surface area (Å²) in [4.78, 5) is 11.6. The van der Waals surface area contributed by atoms with Crippen LogP contribution in [-0.2, 0) is 11.3 Å². The summed E-state index contributed by atoms with van der Waals surface area (Å²) in [6.07, 6.45) is 10.7. The number of amides is 1. The highest BCUT2D eigenvalue weighted by molar-refractivity contribution is 5.75. The van der Waals surface area contributed by atoms with Crippen molar-refractivity contribution in [3.05, 3.63) is 48.0 Å². The number of rotatable bonds is 9. The van der Waals surface area contributed by atoms with Gasteiger partial charge in [0.15, 0.2) is 0 Å². The lowest BCUT2D eigenvalue weighted by Crippen LogP contribution is -2.22. The van der Waals surface area contributed by atoms with Gasteiger partial charge in [-0.15, -0.1) is 0 Å². The van der Waals surface area contributed by atoms with Crippen LogP contribution in [0.25, 0.3) is 0 Å². The maximum Gasteiger partial charge on any atom is 0.220 e. The molecular weight excluding hydrogens is 234 g/mol. The summed E-state index contributed by atoms with van der Waals surface area (Å²) < 4.78 is 0. The highest BCUT2D eigenvalue weighted by Crippen LogP contribution is 2.02. The number of nitrogens with one attached hydrogen (secondary N) is 1. The van der Waals surface area contributed by atoms with Crippen molar-refractivity contribution >= 4 is 5.91 Å². The normalized spacial score (nSPS) is 10.8. The van der Waals surface area contributed by atoms with Crippen molar-refractivity contribution in [3.63, 3.8) is 0 Å². The SMILES string of the molecule is CCCCC/C=C\CCC(=O)NCc1ccccc1. The molecule has 0 saturated heterocycles. The third-order valence-corrected chi connectivity index (χ3v) is 3.01. The number of hydrogen-bond acceptors (Lipinski definition) is 1. The van der Waals surface area contributed by atoms with E-state index in [1.54, 1.807) is 0 Å². The Morgan fingerprint density at radius 3 is 2.58 bits per heavy atom. The monoisotopic (exact) mass is 259 g/mol. The summed E-state index contributed by atoms with van der Waals surface area (Å²) in [5.41, 5.74) is 1.14. The van der Waals surface area contributed by atoms with Crippen molar-refractivity contribution < 1.29 is 4.79 Å². The van der Waals surface area contributed by atoms with Crippen LogP contribution in [0.4, 0.5) is 0 Å². The van der Waals surface area contributed by atoms with E-state index in [-0.39, 0.29) is 5.91 Å². The molecule has 0 aliphatic rings. The van der Waals surface area contributed by atoms with Gasteiger partial charge < -0.3 is 5.32 Å². The molecule has 104 valence electrons. The van der Waals surface area contributed by atoms with Crippen LogP contribution in [-0.4, -0.2) is 5.91 Å². The highest BCUT2D eigenvalue weighted by atomic mass is 16.1. The van der Waals surface area contributed by atoms with Crippen LogP contribution < -0.4 is 5.32 Å². The lowest BCUT2D eigenvalue weighted by molar-refractivity contribution is -0.121. The summed E-state index contributed by atoms with van der Waals surface area (Å²) in [6, 6.07) is 10.00. The molecule has 1 amide bonds. The van der Waals surface area contributed by atoms with Gasteiger partial charge in [-0.1, -0.05) is 62.2 Å². The first kappa shape index (κ1) is 15.5. The Kier molecular flexibility index (Phi) is 8.45. The number of hydrogen-bond donors (Lipinski definition) is 1. The average molecular weight is 259 g/mol. The van der Waals surface area contributed by atoms with Gasteiger partial charge in [0.25, 0.3) is 0 Å². The third-order valence-electron chi connectivity index (χ3n) is 3.01. The maximum atomic E-state index is 11.6. The minimum absolute atomic E-state index is 0.127. The molecule has 0 bridgehead atoms. The van der Waals surface area contributed by atoms with Crippen LogP contribution in [0.3, 0.4) is 0 Å². The van der Waals surface area contributed by atoms with Crippen LogP contribution in [0.5, 0.6) is 0 Å². The second-order valence-electron chi connectivity index (χ2n) is 4.77. The molecule has 0 aromatic heterocycles. The molecule has 2 nitrogen and oxygen atoms in total. The predicted molar refractivity (Wildman–Crippen MR) is 80.8 cm³/mol. The Hall–Kier alpha value is -1.57. The molecular formula is C17H25NO. The first-order chi connectivity index (χ1) is 9.33. The molecule has 0 aliphatic heterocycles. The minimum Gasteiger partial charge on any atom is -0.352 e. The highest BCUT2D eigenvalue weighted by Gasteiger charge is 1.98. The molecule has 0 spiro atoms. The Morgan fingerprint density at radius 2 is 1.84 bits per heavy atom. The van der Waals surface area contributed by atoms with Gasteiger partial charge in [0.1, 0.15) is 0 Å². The van der Waals surface area contributed by atoms with Crippen molar-refractivity contribution in [2.45, 2.75) is 52.0 Å². The van der Waals surface area contributed by atoms with Gasteiger partial charge in [0.2, 0.25) is 5.91 Å². The molecule has 1 rings (SSSR count). The standard InChI is InChI=1S/C17H25NO/c1-2-3-4-5-6-7-11-14-17(19)18-15-16-12-9-8-10-13-16/h6-10,12-13H,2-5,11,14-15H2,1H3,(H,18,19)/b7-6-. The number of unbranched alkanes of at least 4 members (excludes halogenated alkanes) is 3. The first-order valence-electron chi connectivity index (χ1n) is 7.28. The van der Waals surface area contributed by atoms with Crippen molar-refractivity contribution in [1.29, 1.82) is 0 Å². The number of benzene rings is 1. The molecule has 0 unspecified atom stereocenters. The Balaban J connectivity index is 2.05. The molecule has 0 heterocycles. The average Bonchev–Trinajstić information content (AvgIpc) is 2.45. The van der Waals surface area contributed by atoms with Crippen molar-refractivity contribution in [2.24, 2.45) is 0 Å². The Labute approximate surface area is 116 Å². The van der Waals surface area contributed by atoms with Gasteiger partial charge >= 0.3 is 0 Å². The summed E-state index contributed by atoms with van der Waals surface area (Å²) >= 11 is 0. The van der Waals surface area contributed by atoms with Crippen molar-refractivity contribution in [3.8, 4) is 0 Å². The van der Waals surface area contributed by atoms with E-state index in [1.807, 2.05) is 30.3 Å². The second-order valence-corrected chi connectivity index (χ2v) is 4.77. The van der Waals surface area contributed by atoms with Crippen LogP contribution >= 0.6 is 0 Å². The molecule has 0 fully saturated rings. The van der Waals surface area contributed by atoms with E-state index in [0.717, 1.165) is 18.4 Å². The lowest BCUT2D eigenvalue weighted by atomic mass is 10.2. The van der Waals surface area contributed by atoms with Gasteiger partial charge in [-0.3, -0.25) is 4.79 Å². The second kappa shape index (κ2) is 10.4. The zero-order valence-corrected chi connectivity index (χ0v) is 11.9. The van der Waals surface area contributed by atoms with Crippen LogP contribution in [0.1, 0.15) is 51.0 Å². The van der Waals surface area contributed by atoms with Gasteiger partial charge in [-0.25, -0.2) is 0 Å². The van der Waals surface area contributed by atoms with Crippen LogP contribution in [0, 0.1) is 0 Å². The molecule has 0 saturated carbocycles. The van der Waals surface area contributed by atoms with E-state index in [1.165, 1.54) is 19.3 Å². The molecule has 1 N–H and O–H groups in total. The van der Waals surface area contributed by atoms with E-state index >= 15 is 0 Å². The third kappa shape index (κ3) is 8.20. The molecule has 1 aromatic rings. The van der Waals surface area contributed by atoms with Crippen LogP contribution in [0.15, 0.2) is 42.5 Å². The minimum atomic E-state index is 0.127. The zero-order chi connectivity index (χ0) is 13.8. The fraction of sp³-hybridized carbons (Fsp3) is 0.471. The number of allylic oxidation sites excluding steroid dienone is 2. The van der Waals surface area contributed by atoms with E-state index < -0.39 is 0 Å². The van der Waals surface area contributed by atoms with E-state index in [9.17, 15) is 4.79 Å². The van der Waals surface area contributed by atoms with Gasteiger partial charge in [0.05, 0.1) is 0 Å². The fourth-order valence-corrected chi connectivity index (χ4v) is 1.85. The summed E-state index contributed by atoms with van der Waals surface area (Å²) in [5.74, 6) is 0.127. The predicted octanol–water partition coefficient (Wildman–Crippen LogP) is 4.22. The van der Waals surface area contributed by atoms with E-state index in [0.29, 0.717) is 13.0 Å². The largest absolute Gasteiger partial charge is 0.352 e. The van der Waals surface area contributed by atoms with Crippen molar-refractivity contribution in [2.75, 3.05) is 0 Å². The number of carbonyl (C=O) groups excluding carboxylic acids is 1. The lowest BCUT2D eigenvalue weighted by Gasteiger charge is -2.03. The fourth-order valence-electron chi connectivity index (χ4n) is 1.85.